The summed E-state index contributed by atoms with van der Waals surface area (Å²) in [7, 11) is 0. The van der Waals surface area contributed by atoms with Crippen LogP contribution < -0.4 is 0 Å². The highest BCUT2D eigenvalue weighted by molar-refractivity contribution is 5.65. The van der Waals surface area contributed by atoms with E-state index in [2.05, 4.69) is 0 Å². The van der Waals surface area contributed by atoms with E-state index >= 15 is 0 Å². The average molecular weight is 329 g/mol. The molecule has 4 nitrogen and oxygen atoms in total. The summed E-state index contributed by atoms with van der Waals surface area (Å²) in [6.07, 6.45) is 0.000473. The van der Waals surface area contributed by atoms with Crippen molar-refractivity contribution in [2.75, 3.05) is 13.1 Å². The first-order chi connectivity index (χ1) is 11.5. The Morgan fingerprint density at radius 1 is 1.04 bits per heavy atom. The molecule has 1 fully saturated rings. The fourth-order valence-electron chi connectivity index (χ4n) is 3.56. The van der Waals surface area contributed by atoms with Gasteiger partial charge in [-0.2, -0.15) is 0 Å². The number of aliphatic hydroxyl groups is 1. The van der Waals surface area contributed by atoms with Crippen molar-refractivity contribution in [1.29, 1.82) is 0 Å². The number of likely N-dealkylation sites (tertiary alicyclic amines) is 1. The normalized spacial score (nSPS) is 18.2. The molecule has 24 heavy (non-hydrogen) atoms. The number of nitrogens with zero attached hydrogens (tertiary/aromatic N) is 1. The molecule has 1 aliphatic heterocycles. The SMILES string of the molecule is O=C(O)N1CCC(C(O)(c2ccccc2)c2ccccc2F)CC1. The average Bonchev–Trinajstić information content (AvgIpc) is 2.62. The third-order valence-corrected chi connectivity index (χ3v) is 4.85. The Morgan fingerprint density at radius 2 is 1.62 bits per heavy atom. The molecule has 2 aromatic rings. The Hall–Kier alpha value is -2.40. The van der Waals surface area contributed by atoms with E-state index in [0.29, 0.717) is 31.5 Å². The molecule has 0 radical (unpaired) electrons. The number of piperidine rings is 1. The van der Waals surface area contributed by atoms with Crippen LogP contribution in [0.25, 0.3) is 0 Å². The highest BCUT2D eigenvalue weighted by Crippen LogP contribution is 2.42. The van der Waals surface area contributed by atoms with E-state index in [-0.39, 0.29) is 11.5 Å². The van der Waals surface area contributed by atoms with Crippen molar-refractivity contribution in [3.8, 4) is 0 Å². The Morgan fingerprint density at radius 3 is 2.21 bits per heavy atom. The lowest BCUT2D eigenvalue weighted by Crippen LogP contribution is -2.46. The number of halogens is 1. The lowest BCUT2D eigenvalue weighted by Gasteiger charge is -2.41. The van der Waals surface area contributed by atoms with Crippen LogP contribution in [0.15, 0.2) is 54.6 Å². The standard InChI is InChI=1S/C19H20FNO3/c20-17-9-5-4-8-16(17)19(24,14-6-2-1-3-7-14)15-10-12-21(13-11-15)18(22)23/h1-9,15,24H,10-13H2,(H,22,23). The number of benzene rings is 2. The highest BCUT2D eigenvalue weighted by Gasteiger charge is 2.43. The topological polar surface area (TPSA) is 60.8 Å². The van der Waals surface area contributed by atoms with Gasteiger partial charge in [-0.1, -0.05) is 48.5 Å². The lowest BCUT2D eigenvalue weighted by molar-refractivity contribution is -0.0146. The Balaban J connectivity index is 2.01. The first-order valence-corrected chi connectivity index (χ1v) is 8.04. The van der Waals surface area contributed by atoms with E-state index in [1.807, 2.05) is 18.2 Å². The molecule has 3 rings (SSSR count). The molecule has 0 bridgehead atoms. The summed E-state index contributed by atoms with van der Waals surface area (Å²) in [6, 6.07) is 15.3. The first-order valence-electron chi connectivity index (χ1n) is 8.04. The Kier molecular flexibility index (Phi) is 4.53. The molecule has 0 aromatic heterocycles. The predicted octanol–water partition coefficient (Wildman–Crippen LogP) is 3.45. The van der Waals surface area contributed by atoms with Gasteiger partial charge >= 0.3 is 6.09 Å². The fraction of sp³-hybridized carbons (Fsp3) is 0.316. The molecular formula is C19H20FNO3. The molecule has 0 spiro atoms. The number of hydrogen-bond donors (Lipinski definition) is 2. The van der Waals surface area contributed by atoms with E-state index in [1.54, 1.807) is 30.3 Å². The molecule has 1 unspecified atom stereocenters. The predicted molar refractivity (Wildman–Crippen MR) is 88.2 cm³/mol. The highest BCUT2D eigenvalue weighted by atomic mass is 19.1. The van der Waals surface area contributed by atoms with Crippen LogP contribution in [-0.4, -0.2) is 34.3 Å². The van der Waals surface area contributed by atoms with Crippen molar-refractivity contribution in [2.24, 2.45) is 5.92 Å². The third kappa shape index (κ3) is 2.87. The van der Waals surface area contributed by atoms with Gasteiger partial charge in [-0.15, -0.1) is 0 Å². The van der Waals surface area contributed by atoms with Crippen molar-refractivity contribution in [1.82, 2.24) is 4.90 Å². The van der Waals surface area contributed by atoms with E-state index in [0.717, 1.165) is 0 Å². The molecule has 5 heteroatoms. The summed E-state index contributed by atoms with van der Waals surface area (Å²) in [5.74, 6) is -0.711. The van der Waals surface area contributed by atoms with Crippen LogP contribution in [0.1, 0.15) is 24.0 Å². The summed E-state index contributed by atoms with van der Waals surface area (Å²) in [6.45, 7) is 0.674. The van der Waals surface area contributed by atoms with Gasteiger partial charge in [0.15, 0.2) is 0 Å². The van der Waals surface area contributed by atoms with Crippen molar-refractivity contribution in [3.63, 3.8) is 0 Å². The van der Waals surface area contributed by atoms with Crippen LogP contribution in [0.3, 0.4) is 0 Å². The van der Waals surface area contributed by atoms with Gasteiger partial charge in [0.05, 0.1) is 0 Å². The molecule has 1 saturated heterocycles. The van der Waals surface area contributed by atoms with Crippen LogP contribution >= 0.6 is 0 Å². The molecule has 0 aliphatic carbocycles. The fourth-order valence-corrected chi connectivity index (χ4v) is 3.56. The van der Waals surface area contributed by atoms with Gasteiger partial charge in [0.1, 0.15) is 11.4 Å². The zero-order chi connectivity index (χ0) is 17.2. The van der Waals surface area contributed by atoms with E-state index in [4.69, 9.17) is 5.11 Å². The Labute approximate surface area is 140 Å². The van der Waals surface area contributed by atoms with Crippen LogP contribution in [0.4, 0.5) is 9.18 Å². The van der Waals surface area contributed by atoms with Crippen LogP contribution in [0.5, 0.6) is 0 Å². The van der Waals surface area contributed by atoms with Gasteiger partial charge < -0.3 is 15.1 Å². The molecular weight excluding hydrogens is 309 g/mol. The van der Waals surface area contributed by atoms with Crippen molar-refractivity contribution in [2.45, 2.75) is 18.4 Å². The smallest absolute Gasteiger partial charge is 0.407 e. The second-order valence-corrected chi connectivity index (χ2v) is 6.16. The zero-order valence-electron chi connectivity index (χ0n) is 13.2. The summed E-state index contributed by atoms with van der Waals surface area (Å²) in [5.41, 5.74) is -0.606. The lowest BCUT2D eigenvalue weighted by atomic mass is 9.72. The van der Waals surface area contributed by atoms with Gasteiger partial charge in [0.25, 0.3) is 0 Å². The first kappa shape index (κ1) is 16.5. The summed E-state index contributed by atoms with van der Waals surface area (Å²) in [4.78, 5) is 12.4. The maximum Gasteiger partial charge on any atom is 0.407 e. The summed E-state index contributed by atoms with van der Waals surface area (Å²) in [5, 5.41) is 20.7. The molecule has 1 aliphatic rings. The molecule has 1 atom stereocenters. The van der Waals surface area contributed by atoms with Gasteiger partial charge in [-0.3, -0.25) is 0 Å². The van der Waals surface area contributed by atoms with Gasteiger partial charge in [-0.25, -0.2) is 9.18 Å². The van der Waals surface area contributed by atoms with Crippen LogP contribution in [0, 0.1) is 11.7 Å². The zero-order valence-corrected chi connectivity index (χ0v) is 13.2. The monoisotopic (exact) mass is 329 g/mol. The maximum absolute atomic E-state index is 14.5. The third-order valence-electron chi connectivity index (χ3n) is 4.85. The second kappa shape index (κ2) is 6.61. The van der Waals surface area contributed by atoms with E-state index in [9.17, 15) is 14.3 Å². The van der Waals surface area contributed by atoms with E-state index in [1.165, 1.54) is 11.0 Å². The number of amides is 1. The van der Waals surface area contributed by atoms with Crippen molar-refractivity contribution < 1.29 is 19.4 Å². The minimum atomic E-state index is -1.48. The number of carboxylic acid groups (broad SMARTS) is 1. The Bertz CT molecular complexity index is 714. The van der Waals surface area contributed by atoms with Crippen molar-refractivity contribution >= 4 is 6.09 Å². The minimum absolute atomic E-state index is 0.241. The number of hydrogen-bond acceptors (Lipinski definition) is 2. The molecule has 2 aromatic carbocycles. The minimum Gasteiger partial charge on any atom is -0.465 e. The van der Waals surface area contributed by atoms with Gasteiger partial charge in [0, 0.05) is 18.7 Å². The number of carbonyl (C=O) groups is 1. The summed E-state index contributed by atoms with van der Waals surface area (Å²) >= 11 is 0. The van der Waals surface area contributed by atoms with Gasteiger partial charge in [0.2, 0.25) is 0 Å². The second-order valence-electron chi connectivity index (χ2n) is 6.16. The molecule has 126 valence electrons. The largest absolute Gasteiger partial charge is 0.465 e. The maximum atomic E-state index is 14.5. The van der Waals surface area contributed by atoms with E-state index < -0.39 is 17.5 Å². The molecule has 2 N–H and O–H groups in total. The molecule has 1 heterocycles. The number of rotatable bonds is 3. The molecule has 0 saturated carbocycles. The van der Waals surface area contributed by atoms with Crippen LogP contribution in [-0.2, 0) is 5.60 Å². The van der Waals surface area contributed by atoms with Crippen LogP contribution in [0.2, 0.25) is 0 Å². The summed E-state index contributed by atoms with van der Waals surface area (Å²) < 4.78 is 14.5. The molecule has 1 amide bonds. The quantitative estimate of drug-likeness (QED) is 0.907. The van der Waals surface area contributed by atoms with Crippen molar-refractivity contribution in [3.05, 3.63) is 71.5 Å². The van der Waals surface area contributed by atoms with Gasteiger partial charge in [-0.05, 0) is 30.4 Å².